The van der Waals surface area contributed by atoms with Gasteiger partial charge in [-0.25, -0.2) is 0 Å². The predicted molar refractivity (Wildman–Crippen MR) is 122 cm³/mol. The van der Waals surface area contributed by atoms with E-state index >= 15 is 0 Å². The minimum Gasteiger partial charge on any atom is -0.489 e. The number of aryl methyl sites for hydroxylation is 1. The van der Waals surface area contributed by atoms with E-state index in [0.29, 0.717) is 13.0 Å². The maximum absolute atomic E-state index is 12.7. The van der Waals surface area contributed by atoms with Gasteiger partial charge in [-0.1, -0.05) is 48.0 Å². The van der Waals surface area contributed by atoms with Crippen LogP contribution in [0.5, 0.6) is 5.75 Å². The number of fused-ring (bicyclic) bond motifs is 1. The molecule has 4 heteroatoms. The topological polar surface area (TPSA) is 41.6 Å². The summed E-state index contributed by atoms with van der Waals surface area (Å²) in [5, 5.41) is 3.13. The van der Waals surface area contributed by atoms with Gasteiger partial charge in [0.05, 0.1) is 18.2 Å². The average Bonchev–Trinajstić information content (AvgIpc) is 2.77. The first-order valence-electron chi connectivity index (χ1n) is 11.2. The van der Waals surface area contributed by atoms with E-state index in [1.807, 2.05) is 6.07 Å². The number of anilines is 1. The standard InChI is InChI=1S/C26H32N2O2/c1-20-12-13-24-25(16-20)30-19-23(28(24)18-22-10-6-3-7-11-22)17-26(29)27-15-14-21-8-4-2-5-9-21/h3,6-8,10-13,16,23H,2,4-5,9,14-15,17-19H2,1H3,(H,27,29). The highest BCUT2D eigenvalue weighted by Crippen LogP contribution is 2.36. The summed E-state index contributed by atoms with van der Waals surface area (Å²) in [6, 6.07) is 16.8. The number of ether oxygens (including phenoxy) is 1. The molecule has 0 bridgehead atoms. The van der Waals surface area contributed by atoms with Crippen molar-refractivity contribution in [1.82, 2.24) is 5.32 Å². The number of carbonyl (C=O) groups is 1. The molecule has 1 aliphatic carbocycles. The van der Waals surface area contributed by atoms with Gasteiger partial charge in [-0.05, 0) is 62.3 Å². The first-order chi connectivity index (χ1) is 14.7. The molecule has 0 spiro atoms. The van der Waals surface area contributed by atoms with Crippen molar-refractivity contribution in [2.45, 2.75) is 58.0 Å². The fourth-order valence-electron chi connectivity index (χ4n) is 4.39. The zero-order valence-corrected chi connectivity index (χ0v) is 17.9. The summed E-state index contributed by atoms with van der Waals surface area (Å²) in [5.74, 6) is 1.01. The van der Waals surface area contributed by atoms with Crippen LogP contribution in [0.25, 0.3) is 0 Å². The van der Waals surface area contributed by atoms with Crippen LogP contribution in [0.3, 0.4) is 0 Å². The summed E-state index contributed by atoms with van der Waals surface area (Å²) >= 11 is 0. The van der Waals surface area contributed by atoms with E-state index in [-0.39, 0.29) is 11.9 Å². The average molecular weight is 405 g/mol. The molecule has 2 aromatic rings. The van der Waals surface area contributed by atoms with E-state index < -0.39 is 0 Å². The predicted octanol–water partition coefficient (Wildman–Crippen LogP) is 5.16. The van der Waals surface area contributed by atoms with Gasteiger partial charge in [0.25, 0.3) is 0 Å². The van der Waals surface area contributed by atoms with Gasteiger partial charge in [0, 0.05) is 13.1 Å². The lowest BCUT2D eigenvalue weighted by Crippen LogP contribution is -2.45. The molecule has 0 radical (unpaired) electrons. The van der Waals surface area contributed by atoms with E-state index in [1.165, 1.54) is 42.4 Å². The van der Waals surface area contributed by atoms with Crippen LogP contribution < -0.4 is 15.0 Å². The second-order valence-electron chi connectivity index (χ2n) is 8.46. The highest BCUT2D eigenvalue weighted by atomic mass is 16.5. The number of allylic oxidation sites excluding steroid dienone is 1. The maximum atomic E-state index is 12.7. The molecule has 1 atom stereocenters. The third-order valence-electron chi connectivity index (χ3n) is 6.07. The van der Waals surface area contributed by atoms with Crippen molar-refractivity contribution in [1.29, 1.82) is 0 Å². The molecule has 30 heavy (non-hydrogen) atoms. The Balaban J connectivity index is 1.41. The van der Waals surface area contributed by atoms with Gasteiger partial charge in [0.2, 0.25) is 5.91 Å². The van der Waals surface area contributed by atoms with Gasteiger partial charge in [-0.2, -0.15) is 0 Å². The molecule has 4 nitrogen and oxygen atoms in total. The molecule has 1 heterocycles. The van der Waals surface area contributed by atoms with Crippen LogP contribution in [0, 0.1) is 6.92 Å². The molecule has 2 aliphatic rings. The highest BCUT2D eigenvalue weighted by Gasteiger charge is 2.29. The van der Waals surface area contributed by atoms with Crippen molar-refractivity contribution >= 4 is 11.6 Å². The monoisotopic (exact) mass is 404 g/mol. The Kier molecular flexibility index (Phi) is 6.73. The van der Waals surface area contributed by atoms with Gasteiger partial charge in [-0.15, -0.1) is 0 Å². The van der Waals surface area contributed by atoms with Crippen molar-refractivity contribution in [3.63, 3.8) is 0 Å². The van der Waals surface area contributed by atoms with E-state index in [4.69, 9.17) is 4.74 Å². The summed E-state index contributed by atoms with van der Waals surface area (Å²) in [5.41, 5.74) is 4.99. The van der Waals surface area contributed by atoms with Crippen molar-refractivity contribution in [3.8, 4) is 5.75 Å². The second-order valence-corrected chi connectivity index (χ2v) is 8.46. The summed E-state index contributed by atoms with van der Waals surface area (Å²) in [6.45, 7) is 4.10. The molecule has 0 saturated heterocycles. The van der Waals surface area contributed by atoms with Crippen LogP contribution in [0.1, 0.15) is 49.7 Å². The lowest BCUT2D eigenvalue weighted by atomic mass is 9.97. The third-order valence-corrected chi connectivity index (χ3v) is 6.07. The lowest BCUT2D eigenvalue weighted by molar-refractivity contribution is -0.121. The first kappa shape index (κ1) is 20.5. The molecular formula is C26H32N2O2. The maximum Gasteiger partial charge on any atom is 0.222 e. The number of benzene rings is 2. The first-order valence-corrected chi connectivity index (χ1v) is 11.2. The van der Waals surface area contributed by atoms with Crippen molar-refractivity contribution in [2.75, 3.05) is 18.1 Å². The summed E-state index contributed by atoms with van der Waals surface area (Å²) in [6.07, 6.45) is 8.73. The zero-order valence-electron chi connectivity index (χ0n) is 17.9. The Hall–Kier alpha value is -2.75. The summed E-state index contributed by atoms with van der Waals surface area (Å²) < 4.78 is 6.05. The molecule has 1 unspecified atom stereocenters. The van der Waals surface area contributed by atoms with Crippen LogP contribution in [0.4, 0.5) is 5.69 Å². The molecule has 0 saturated carbocycles. The van der Waals surface area contributed by atoms with Gasteiger partial charge in [0.15, 0.2) is 0 Å². The van der Waals surface area contributed by atoms with E-state index in [0.717, 1.165) is 30.9 Å². The van der Waals surface area contributed by atoms with Crippen LogP contribution in [0.15, 0.2) is 60.2 Å². The van der Waals surface area contributed by atoms with Gasteiger partial charge in [0.1, 0.15) is 12.4 Å². The fraction of sp³-hybridized carbons (Fsp3) is 0.423. The highest BCUT2D eigenvalue weighted by molar-refractivity contribution is 5.77. The quantitative estimate of drug-likeness (QED) is 0.648. The van der Waals surface area contributed by atoms with Crippen molar-refractivity contribution < 1.29 is 9.53 Å². The molecule has 0 aromatic heterocycles. The van der Waals surface area contributed by atoms with Gasteiger partial charge >= 0.3 is 0 Å². The van der Waals surface area contributed by atoms with Gasteiger partial charge in [-0.3, -0.25) is 4.79 Å². The Morgan fingerprint density at radius 1 is 1.17 bits per heavy atom. The van der Waals surface area contributed by atoms with Crippen LogP contribution in [-0.4, -0.2) is 25.1 Å². The lowest BCUT2D eigenvalue weighted by Gasteiger charge is -2.38. The molecule has 2 aromatic carbocycles. The Labute approximate surface area is 179 Å². The number of amides is 1. The normalized spacial score (nSPS) is 18.2. The third kappa shape index (κ3) is 5.24. The molecule has 4 rings (SSSR count). The molecule has 0 fully saturated rings. The minimum atomic E-state index is 0.0225. The van der Waals surface area contributed by atoms with Crippen molar-refractivity contribution in [3.05, 3.63) is 71.3 Å². The van der Waals surface area contributed by atoms with E-state index in [2.05, 4.69) is 65.7 Å². The number of nitrogens with one attached hydrogen (secondary N) is 1. The number of hydrogen-bond acceptors (Lipinski definition) is 3. The number of nitrogens with zero attached hydrogens (tertiary/aromatic N) is 1. The second kappa shape index (κ2) is 9.84. The van der Waals surface area contributed by atoms with Crippen LogP contribution in [0.2, 0.25) is 0 Å². The summed E-state index contributed by atoms with van der Waals surface area (Å²) in [7, 11) is 0. The van der Waals surface area contributed by atoms with E-state index in [1.54, 1.807) is 0 Å². The smallest absolute Gasteiger partial charge is 0.222 e. The summed E-state index contributed by atoms with van der Waals surface area (Å²) in [4.78, 5) is 15.0. The van der Waals surface area contributed by atoms with E-state index in [9.17, 15) is 4.79 Å². The fourth-order valence-corrected chi connectivity index (χ4v) is 4.39. The molecule has 1 amide bonds. The molecule has 158 valence electrons. The minimum absolute atomic E-state index is 0.0225. The zero-order chi connectivity index (χ0) is 20.8. The molecule has 1 N–H and O–H groups in total. The van der Waals surface area contributed by atoms with Gasteiger partial charge < -0.3 is 15.0 Å². The Morgan fingerprint density at radius 2 is 2.03 bits per heavy atom. The Morgan fingerprint density at radius 3 is 2.83 bits per heavy atom. The number of carbonyl (C=O) groups excluding carboxylic acids is 1. The van der Waals surface area contributed by atoms with Crippen LogP contribution in [-0.2, 0) is 11.3 Å². The SMILES string of the molecule is Cc1ccc2c(c1)OCC(CC(=O)NCCC1=CCCCC1)N2Cc1ccccc1. The Bertz CT molecular complexity index is 891. The molecular weight excluding hydrogens is 372 g/mol. The number of hydrogen-bond donors (Lipinski definition) is 1. The molecule has 1 aliphatic heterocycles. The van der Waals surface area contributed by atoms with Crippen molar-refractivity contribution in [2.24, 2.45) is 0 Å². The largest absolute Gasteiger partial charge is 0.489 e. The van der Waals surface area contributed by atoms with Crippen LogP contribution >= 0.6 is 0 Å². The number of rotatable bonds is 7.